The number of rotatable bonds is 4. The third-order valence-electron chi connectivity index (χ3n) is 3.40. The van der Waals surface area contributed by atoms with Crippen LogP contribution in [0.5, 0.6) is 0 Å². The van der Waals surface area contributed by atoms with E-state index < -0.39 is 0 Å². The van der Waals surface area contributed by atoms with E-state index in [-0.39, 0.29) is 29.8 Å². The lowest BCUT2D eigenvalue weighted by molar-refractivity contribution is -0.144. The number of carbonyl (C=O) groups excluding carboxylic acids is 2. The first-order valence-electron chi connectivity index (χ1n) is 6.61. The molecule has 0 spiro atoms. The normalized spacial score (nSPS) is 18.5. The van der Waals surface area contributed by atoms with Crippen LogP contribution in [0.25, 0.3) is 0 Å². The second-order valence-corrected chi connectivity index (χ2v) is 5.69. The molecule has 0 aromatic heterocycles. The molecule has 1 saturated heterocycles. The minimum atomic E-state index is -0.321. The van der Waals surface area contributed by atoms with Crippen molar-refractivity contribution in [3.8, 4) is 0 Å². The largest absolute Gasteiger partial charge is 0.352 e. The molecule has 18 heavy (non-hydrogen) atoms. The average Bonchev–Trinajstić information content (AvgIpc) is 2.27. The van der Waals surface area contributed by atoms with Crippen LogP contribution in [0, 0.1) is 5.41 Å². The van der Waals surface area contributed by atoms with Gasteiger partial charge < -0.3 is 15.5 Å². The zero-order valence-corrected chi connectivity index (χ0v) is 11.9. The van der Waals surface area contributed by atoms with E-state index >= 15 is 0 Å². The molecule has 0 aromatic carbocycles. The predicted molar refractivity (Wildman–Crippen MR) is 71.1 cm³/mol. The van der Waals surface area contributed by atoms with Gasteiger partial charge in [0.2, 0.25) is 11.8 Å². The number of hydrogen-bond donors (Lipinski definition) is 2. The first-order chi connectivity index (χ1) is 8.35. The van der Waals surface area contributed by atoms with Gasteiger partial charge in [0, 0.05) is 18.5 Å². The van der Waals surface area contributed by atoms with Gasteiger partial charge in [-0.1, -0.05) is 6.92 Å². The lowest BCUT2D eigenvalue weighted by Gasteiger charge is -2.35. The molecular formula is C13H25N3O2. The molecular weight excluding hydrogens is 230 g/mol. The number of hydrogen-bond acceptors (Lipinski definition) is 3. The quantitative estimate of drug-likeness (QED) is 0.762. The van der Waals surface area contributed by atoms with Crippen molar-refractivity contribution in [1.82, 2.24) is 15.5 Å². The van der Waals surface area contributed by atoms with Gasteiger partial charge in [0.25, 0.3) is 0 Å². The minimum absolute atomic E-state index is 0.0721. The highest BCUT2D eigenvalue weighted by molar-refractivity contribution is 5.87. The highest BCUT2D eigenvalue weighted by Gasteiger charge is 2.36. The van der Waals surface area contributed by atoms with Crippen LogP contribution in [0.4, 0.5) is 0 Å². The van der Waals surface area contributed by atoms with Crippen LogP contribution < -0.4 is 10.6 Å². The molecule has 0 aliphatic carbocycles. The molecule has 0 saturated carbocycles. The summed E-state index contributed by atoms with van der Waals surface area (Å²) in [5.74, 6) is -0.0266. The zero-order chi connectivity index (χ0) is 13.8. The summed E-state index contributed by atoms with van der Waals surface area (Å²) in [5, 5.41) is 6.05. The molecule has 1 rings (SSSR count). The van der Waals surface area contributed by atoms with Crippen LogP contribution in [-0.4, -0.2) is 49.4 Å². The van der Waals surface area contributed by atoms with Crippen molar-refractivity contribution in [2.45, 2.75) is 39.7 Å². The fourth-order valence-electron chi connectivity index (χ4n) is 2.31. The van der Waals surface area contributed by atoms with Gasteiger partial charge >= 0.3 is 0 Å². The molecule has 0 unspecified atom stereocenters. The Bertz CT molecular complexity index is 309. The van der Waals surface area contributed by atoms with E-state index in [1.54, 1.807) is 11.9 Å². The molecule has 1 fully saturated rings. The summed E-state index contributed by atoms with van der Waals surface area (Å²) < 4.78 is 0. The minimum Gasteiger partial charge on any atom is -0.352 e. The van der Waals surface area contributed by atoms with Crippen molar-refractivity contribution in [1.29, 1.82) is 0 Å². The molecule has 5 heteroatoms. The van der Waals surface area contributed by atoms with Crippen LogP contribution in [-0.2, 0) is 9.59 Å². The number of likely N-dealkylation sites (N-methyl/N-ethyl adjacent to an activating group) is 1. The number of piperidine rings is 1. The van der Waals surface area contributed by atoms with E-state index in [0.717, 1.165) is 25.9 Å². The van der Waals surface area contributed by atoms with Crippen molar-refractivity contribution in [3.63, 3.8) is 0 Å². The Morgan fingerprint density at radius 1 is 1.33 bits per heavy atom. The van der Waals surface area contributed by atoms with Crippen molar-refractivity contribution in [2.24, 2.45) is 5.41 Å². The van der Waals surface area contributed by atoms with Crippen LogP contribution >= 0.6 is 0 Å². The van der Waals surface area contributed by atoms with E-state index in [0.29, 0.717) is 0 Å². The highest BCUT2D eigenvalue weighted by Crippen LogP contribution is 2.29. The van der Waals surface area contributed by atoms with Gasteiger partial charge in [-0.3, -0.25) is 9.59 Å². The summed E-state index contributed by atoms with van der Waals surface area (Å²) in [6.07, 6.45) is 1.67. The molecule has 104 valence electrons. The molecule has 2 N–H and O–H groups in total. The predicted octanol–water partition coefficient (Wildman–Crippen LogP) is 0.359. The van der Waals surface area contributed by atoms with E-state index in [4.69, 9.17) is 0 Å². The Morgan fingerprint density at radius 3 is 2.39 bits per heavy atom. The Labute approximate surface area is 109 Å². The van der Waals surface area contributed by atoms with Crippen LogP contribution in [0.1, 0.15) is 33.6 Å². The van der Waals surface area contributed by atoms with Gasteiger partial charge in [0.1, 0.15) is 0 Å². The molecule has 0 bridgehead atoms. The van der Waals surface area contributed by atoms with E-state index in [9.17, 15) is 9.59 Å². The number of amides is 2. The van der Waals surface area contributed by atoms with E-state index in [1.807, 2.05) is 20.8 Å². The van der Waals surface area contributed by atoms with Gasteiger partial charge in [-0.25, -0.2) is 0 Å². The maximum absolute atomic E-state index is 12.4. The van der Waals surface area contributed by atoms with Gasteiger partial charge in [-0.05, 0) is 39.8 Å². The molecule has 0 aromatic rings. The summed E-state index contributed by atoms with van der Waals surface area (Å²) in [7, 11) is 1.70. The smallest absolute Gasteiger partial charge is 0.239 e. The summed E-state index contributed by atoms with van der Waals surface area (Å²) in [6.45, 7) is 7.69. The highest BCUT2D eigenvalue weighted by atomic mass is 16.2. The van der Waals surface area contributed by atoms with Crippen LogP contribution in [0.15, 0.2) is 0 Å². The number of carbonyl (C=O) groups is 2. The first kappa shape index (κ1) is 15.0. The van der Waals surface area contributed by atoms with Gasteiger partial charge in [-0.2, -0.15) is 0 Å². The summed E-state index contributed by atoms with van der Waals surface area (Å²) in [5.41, 5.74) is -0.321. The third-order valence-corrected chi connectivity index (χ3v) is 3.40. The maximum atomic E-state index is 12.4. The first-order valence-corrected chi connectivity index (χ1v) is 6.61. The number of nitrogens with zero attached hydrogens (tertiary/aromatic N) is 1. The van der Waals surface area contributed by atoms with Crippen molar-refractivity contribution >= 4 is 11.8 Å². The van der Waals surface area contributed by atoms with Crippen molar-refractivity contribution in [3.05, 3.63) is 0 Å². The van der Waals surface area contributed by atoms with Gasteiger partial charge in [0.15, 0.2) is 0 Å². The second-order valence-electron chi connectivity index (χ2n) is 5.69. The standard InChI is InChI=1S/C13H25N3O2/c1-10(2)15-11(17)9-16(4)12(18)13(3)5-7-14-8-6-13/h10,14H,5-9H2,1-4H3,(H,15,17). The SMILES string of the molecule is CC(C)NC(=O)CN(C)C(=O)C1(C)CCNCC1. The summed E-state index contributed by atoms with van der Waals surface area (Å²) in [4.78, 5) is 25.5. The molecule has 5 nitrogen and oxygen atoms in total. The second kappa shape index (κ2) is 6.18. The zero-order valence-electron chi connectivity index (χ0n) is 11.9. The number of nitrogens with one attached hydrogen (secondary N) is 2. The Hall–Kier alpha value is -1.10. The fourth-order valence-corrected chi connectivity index (χ4v) is 2.31. The molecule has 0 radical (unpaired) electrons. The van der Waals surface area contributed by atoms with Crippen molar-refractivity contribution < 1.29 is 9.59 Å². The van der Waals surface area contributed by atoms with Crippen LogP contribution in [0.3, 0.4) is 0 Å². The van der Waals surface area contributed by atoms with E-state index in [2.05, 4.69) is 10.6 Å². The van der Waals surface area contributed by atoms with Crippen molar-refractivity contribution in [2.75, 3.05) is 26.7 Å². The Morgan fingerprint density at radius 2 is 1.89 bits per heavy atom. The summed E-state index contributed by atoms with van der Waals surface area (Å²) in [6, 6.07) is 0.107. The van der Waals surface area contributed by atoms with Gasteiger partial charge in [0.05, 0.1) is 6.54 Å². The molecule has 1 aliphatic heterocycles. The topological polar surface area (TPSA) is 61.4 Å². The summed E-state index contributed by atoms with van der Waals surface area (Å²) >= 11 is 0. The average molecular weight is 255 g/mol. The van der Waals surface area contributed by atoms with Crippen LogP contribution in [0.2, 0.25) is 0 Å². The molecule has 0 atom stereocenters. The third kappa shape index (κ3) is 3.98. The molecule has 2 amide bonds. The molecule has 1 heterocycles. The Balaban J connectivity index is 2.52. The Kier molecular flexibility index (Phi) is 5.14. The maximum Gasteiger partial charge on any atom is 0.239 e. The van der Waals surface area contributed by atoms with E-state index in [1.165, 1.54) is 0 Å². The lowest BCUT2D eigenvalue weighted by Crippen LogP contribution is -2.49. The molecule has 1 aliphatic rings. The lowest BCUT2D eigenvalue weighted by atomic mass is 9.80. The van der Waals surface area contributed by atoms with Gasteiger partial charge in [-0.15, -0.1) is 0 Å². The monoisotopic (exact) mass is 255 g/mol. The fraction of sp³-hybridized carbons (Fsp3) is 0.846.